The van der Waals surface area contributed by atoms with E-state index in [1.807, 2.05) is 12.3 Å². The molecular formula is C14H17N3O3S2. The minimum Gasteiger partial charge on any atom is -0.350 e. The number of carbonyl (C=O) groups is 1. The van der Waals surface area contributed by atoms with Crippen LogP contribution < -0.4 is 10.0 Å². The number of sulfonamides is 1. The van der Waals surface area contributed by atoms with Gasteiger partial charge in [0.1, 0.15) is 0 Å². The van der Waals surface area contributed by atoms with E-state index >= 15 is 0 Å². The molecule has 118 valence electrons. The van der Waals surface area contributed by atoms with Gasteiger partial charge in [0, 0.05) is 18.3 Å². The first kappa shape index (κ1) is 16.6. The summed E-state index contributed by atoms with van der Waals surface area (Å²) in [5.74, 6) is -0.221. The van der Waals surface area contributed by atoms with Crippen molar-refractivity contribution in [1.82, 2.24) is 15.0 Å². The Kier molecular flexibility index (Phi) is 5.64. The molecular weight excluding hydrogens is 322 g/mol. The molecule has 1 aromatic heterocycles. The second-order valence-electron chi connectivity index (χ2n) is 4.60. The summed E-state index contributed by atoms with van der Waals surface area (Å²) in [7, 11) is -3.56. The Bertz CT molecular complexity index is 727. The molecule has 1 amide bonds. The third-order valence-electron chi connectivity index (χ3n) is 2.83. The molecule has 0 radical (unpaired) electrons. The van der Waals surface area contributed by atoms with Gasteiger partial charge >= 0.3 is 0 Å². The van der Waals surface area contributed by atoms with Gasteiger partial charge in [-0.15, -0.1) is 11.3 Å². The maximum Gasteiger partial charge on any atom is 0.240 e. The van der Waals surface area contributed by atoms with E-state index in [0.717, 1.165) is 10.7 Å². The van der Waals surface area contributed by atoms with E-state index in [2.05, 4.69) is 15.0 Å². The third kappa shape index (κ3) is 4.90. The van der Waals surface area contributed by atoms with Crippen molar-refractivity contribution in [1.29, 1.82) is 0 Å². The van der Waals surface area contributed by atoms with Gasteiger partial charge in [-0.05, 0) is 19.1 Å². The Morgan fingerprint density at radius 3 is 2.64 bits per heavy atom. The van der Waals surface area contributed by atoms with Crippen molar-refractivity contribution in [3.63, 3.8) is 0 Å². The lowest BCUT2D eigenvalue weighted by molar-refractivity contribution is -0.121. The zero-order chi connectivity index (χ0) is 16.0. The summed E-state index contributed by atoms with van der Waals surface area (Å²) in [5.41, 5.74) is 0.806. The lowest BCUT2D eigenvalue weighted by Crippen LogP contribution is -2.30. The van der Waals surface area contributed by atoms with Gasteiger partial charge in [0.05, 0.1) is 22.1 Å². The highest BCUT2D eigenvalue weighted by molar-refractivity contribution is 7.89. The van der Waals surface area contributed by atoms with E-state index in [1.54, 1.807) is 18.2 Å². The zero-order valence-corrected chi connectivity index (χ0v) is 13.7. The molecule has 0 saturated heterocycles. The maximum atomic E-state index is 11.9. The third-order valence-corrected chi connectivity index (χ3v) is 5.13. The van der Waals surface area contributed by atoms with E-state index < -0.39 is 10.0 Å². The molecule has 0 spiro atoms. The average molecular weight is 339 g/mol. The number of thiazole rings is 1. The summed E-state index contributed by atoms with van der Waals surface area (Å²) in [6, 6.07) is 8.06. The smallest absolute Gasteiger partial charge is 0.240 e. The molecule has 8 heteroatoms. The first-order chi connectivity index (χ1) is 10.5. The average Bonchev–Trinajstić information content (AvgIpc) is 2.91. The van der Waals surface area contributed by atoms with Gasteiger partial charge in [-0.3, -0.25) is 4.79 Å². The predicted octanol–water partition coefficient (Wildman–Crippen LogP) is 1.44. The molecule has 0 atom stereocenters. The first-order valence-electron chi connectivity index (χ1n) is 6.70. The molecule has 0 saturated carbocycles. The fourth-order valence-electron chi connectivity index (χ4n) is 1.75. The SMILES string of the molecule is Cc1nc(CNC(=O)CCNS(=O)(=O)c2ccccc2)cs1. The molecule has 1 aromatic carbocycles. The standard InChI is InChI=1S/C14H17N3O3S2/c1-11-17-12(10-21-11)9-15-14(18)7-8-16-22(19,20)13-5-3-2-4-6-13/h2-6,10,16H,7-9H2,1H3,(H,15,18). The number of hydrogen-bond acceptors (Lipinski definition) is 5. The second-order valence-corrected chi connectivity index (χ2v) is 7.42. The van der Waals surface area contributed by atoms with Crippen LogP contribution in [0.15, 0.2) is 40.6 Å². The van der Waals surface area contributed by atoms with E-state index in [1.165, 1.54) is 23.5 Å². The van der Waals surface area contributed by atoms with Crippen LogP contribution in [0.25, 0.3) is 0 Å². The molecule has 0 aliphatic carbocycles. The van der Waals surface area contributed by atoms with Crippen LogP contribution in [0, 0.1) is 6.92 Å². The highest BCUT2D eigenvalue weighted by Gasteiger charge is 2.13. The first-order valence-corrected chi connectivity index (χ1v) is 9.06. The van der Waals surface area contributed by atoms with Gasteiger partial charge in [-0.25, -0.2) is 18.1 Å². The molecule has 2 rings (SSSR count). The van der Waals surface area contributed by atoms with Crippen LogP contribution >= 0.6 is 11.3 Å². The summed E-state index contributed by atoms with van der Waals surface area (Å²) in [6.45, 7) is 2.31. The highest BCUT2D eigenvalue weighted by atomic mass is 32.2. The van der Waals surface area contributed by atoms with Crippen LogP contribution in [0.4, 0.5) is 0 Å². The second kappa shape index (κ2) is 7.48. The summed E-state index contributed by atoms with van der Waals surface area (Å²) in [5, 5.41) is 5.54. The molecule has 0 bridgehead atoms. The van der Waals surface area contributed by atoms with Crippen LogP contribution in [0.2, 0.25) is 0 Å². The number of amides is 1. The quantitative estimate of drug-likeness (QED) is 0.799. The van der Waals surface area contributed by atoms with Gasteiger partial charge in [0.25, 0.3) is 0 Å². The number of carbonyl (C=O) groups excluding carboxylic acids is 1. The Morgan fingerprint density at radius 2 is 2.00 bits per heavy atom. The van der Waals surface area contributed by atoms with Crippen molar-refractivity contribution < 1.29 is 13.2 Å². The fourth-order valence-corrected chi connectivity index (χ4v) is 3.41. The Hall–Kier alpha value is -1.77. The summed E-state index contributed by atoms with van der Waals surface area (Å²) in [4.78, 5) is 16.1. The molecule has 0 unspecified atom stereocenters. The molecule has 6 nitrogen and oxygen atoms in total. The number of nitrogens with one attached hydrogen (secondary N) is 2. The normalized spacial score (nSPS) is 11.3. The van der Waals surface area contributed by atoms with Crippen LogP contribution in [0.1, 0.15) is 17.1 Å². The molecule has 0 fully saturated rings. The van der Waals surface area contributed by atoms with Gasteiger partial charge in [-0.2, -0.15) is 0 Å². The van der Waals surface area contributed by atoms with Crippen LogP contribution in [0.5, 0.6) is 0 Å². The van der Waals surface area contributed by atoms with Crippen molar-refractivity contribution in [3.05, 3.63) is 46.4 Å². The van der Waals surface area contributed by atoms with E-state index in [-0.39, 0.29) is 23.8 Å². The maximum absolute atomic E-state index is 11.9. The van der Waals surface area contributed by atoms with Crippen molar-refractivity contribution in [2.45, 2.75) is 24.8 Å². The Balaban J connectivity index is 1.75. The van der Waals surface area contributed by atoms with Crippen molar-refractivity contribution in [2.24, 2.45) is 0 Å². The summed E-state index contributed by atoms with van der Waals surface area (Å²) >= 11 is 1.52. The molecule has 1 heterocycles. The monoisotopic (exact) mass is 339 g/mol. The molecule has 2 aromatic rings. The minimum absolute atomic E-state index is 0.0547. The lowest BCUT2D eigenvalue weighted by atomic mass is 10.4. The van der Waals surface area contributed by atoms with Gasteiger partial charge < -0.3 is 5.32 Å². The summed E-state index contributed by atoms with van der Waals surface area (Å²) < 4.78 is 26.3. The Labute approximate surface area is 133 Å². The summed E-state index contributed by atoms with van der Waals surface area (Å²) in [6.07, 6.45) is 0.0786. The lowest BCUT2D eigenvalue weighted by Gasteiger charge is -2.07. The number of nitrogens with zero attached hydrogens (tertiary/aromatic N) is 1. The predicted molar refractivity (Wildman–Crippen MR) is 84.9 cm³/mol. The largest absolute Gasteiger partial charge is 0.350 e. The zero-order valence-electron chi connectivity index (χ0n) is 12.1. The number of benzene rings is 1. The van der Waals surface area contributed by atoms with Crippen molar-refractivity contribution in [3.8, 4) is 0 Å². The molecule has 22 heavy (non-hydrogen) atoms. The number of rotatable bonds is 7. The van der Waals surface area contributed by atoms with E-state index in [0.29, 0.717) is 6.54 Å². The minimum atomic E-state index is -3.56. The van der Waals surface area contributed by atoms with E-state index in [4.69, 9.17) is 0 Å². The Morgan fingerprint density at radius 1 is 1.27 bits per heavy atom. The van der Waals surface area contributed by atoms with Gasteiger partial charge in [-0.1, -0.05) is 18.2 Å². The topological polar surface area (TPSA) is 88.2 Å². The van der Waals surface area contributed by atoms with Crippen molar-refractivity contribution >= 4 is 27.3 Å². The fraction of sp³-hybridized carbons (Fsp3) is 0.286. The van der Waals surface area contributed by atoms with Crippen LogP contribution in [-0.2, 0) is 21.4 Å². The molecule has 0 aliphatic heterocycles. The molecule has 2 N–H and O–H groups in total. The van der Waals surface area contributed by atoms with Crippen LogP contribution in [-0.4, -0.2) is 25.9 Å². The number of aryl methyl sites for hydroxylation is 1. The van der Waals surface area contributed by atoms with E-state index in [9.17, 15) is 13.2 Å². The van der Waals surface area contributed by atoms with Crippen LogP contribution in [0.3, 0.4) is 0 Å². The number of hydrogen-bond donors (Lipinski definition) is 2. The number of aromatic nitrogens is 1. The highest BCUT2D eigenvalue weighted by Crippen LogP contribution is 2.08. The van der Waals surface area contributed by atoms with Crippen molar-refractivity contribution in [2.75, 3.05) is 6.54 Å². The molecule has 0 aliphatic rings. The van der Waals surface area contributed by atoms with Gasteiger partial charge in [0.2, 0.25) is 15.9 Å². The van der Waals surface area contributed by atoms with Gasteiger partial charge in [0.15, 0.2) is 0 Å².